The van der Waals surface area contributed by atoms with E-state index in [-0.39, 0.29) is 22.9 Å². The number of hydrazine groups is 1. The van der Waals surface area contributed by atoms with Crippen LogP contribution < -0.4 is 28.1 Å². The molecule has 4 nitrogen and oxygen atoms in total. The molecule has 0 bridgehead atoms. The second kappa shape index (κ2) is 5.88. The molecule has 0 spiro atoms. The van der Waals surface area contributed by atoms with Crippen molar-refractivity contribution in [2.24, 2.45) is 5.73 Å². The van der Waals surface area contributed by atoms with Gasteiger partial charge in [-0.3, -0.25) is 10.5 Å². The van der Waals surface area contributed by atoms with Crippen LogP contribution in [0, 0.1) is 0 Å². The third kappa shape index (κ3) is 2.58. The van der Waals surface area contributed by atoms with E-state index in [9.17, 15) is 4.79 Å². The average molecular weight is 332 g/mol. The van der Waals surface area contributed by atoms with E-state index in [1.807, 2.05) is 42.5 Å². The summed E-state index contributed by atoms with van der Waals surface area (Å²) in [5, 5.41) is 0. The van der Waals surface area contributed by atoms with Gasteiger partial charge in [-0.15, -0.1) is 0 Å². The maximum atomic E-state index is 12.1. The molecule has 0 radical (unpaired) electrons. The number of halogens is 1. The van der Waals surface area contributed by atoms with Gasteiger partial charge in [0.1, 0.15) is 6.54 Å². The van der Waals surface area contributed by atoms with Crippen molar-refractivity contribution in [3.63, 3.8) is 0 Å². The average Bonchev–Trinajstić information content (AvgIpc) is 2.77. The van der Waals surface area contributed by atoms with Crippen LogP contribution in [0.15, 0.2) is 54.6 Å². The lowest BCUT2D eigenvalue weighted by atomic mass is 10.1. The van der Waals surface area contributed by atoms with Crippen molar-refractivity contribution >= 4 is 11.7 Å². The van der Waals surface area contributed by atoms with Crippen LogP contribution in [0.1, 0.15) is 21.5 Å². The molecule has 0 fully saturated rings. The van der Waals surface area contributed by atoms with Crippen LogP contribution in [0.3, 0.4) is 0 Å². The molecule has 20 heavy (non-hydrogen) atoms. The third-order valence-electron chi connectivity index (χ3n) is 3.19. The van der Waals surface area contributed by atoms with Crippen molar-refractivity contribution in [1.29, 1.82) is 0 Å². The molecule has 0 saturated heterocycles. The quantitative estimate of drug-likeness (QED) is 0.642. The molecule has 2 aromatic rings. The van der Waals surface area contributed by atoms with Crippen molar-refractivity contribution in [3.05, 3.63) is 71.3 Å². The van der Waals surface area contributed by atoms with Gasteiger partial charge in [0, 0.05) is 11.1 Å². The lowest BCUT2D eigenvalue weighted by molar-refractivity contribution is -0.584. The van der Waals surface area contributed by atoms with Crippen LogP contribution in [-0.4, -0.2) is 16.4 Å². The largest absolute Gasteiger partial charge is 1.00 e. The summed E-state index contributed by atoms with van der Waals surface area (Å²) >= 11 is 0. The van der Waals surface area contributed by atoms with E-state index in [1.54, 1.807) is 16.8 Å². The van der Waals surface area contributed by atoms with Gasteiger partial charge < -0.3 is 17.0 Å². The molecular formula is C15H14BrN3O. The fourth-order valence-corrected chi connectivity index (χ4v) is 2.19. The van der Waals surface area contributed by atoms with E-state index in [0.717, 1.165) is 11.1 Å². The fourth-order valence-electron chi connectivity index (χ4n) is 2.19. The highest BCUT2D eigenvalue weighted by Gasteiger charge is 2.25. The number of nitrogens with one attached hydrogen (secondary N) is 1. The number of amidine groups is 1. The summed E-state index contributed by atoms with van der Waals surface area (Å²) in [6.07, 6.45) is 0. The molecule has 5 heteroatoms. The zero-order valence-corrected chi connectivity index (χ0v) is 12.3. The van der Waals surface area contributed by atoms with Crippen LogP contribution >= 0.6 is 0 Å². The van der Waals surface area contributed by atoms with Crippen molar-refractivity contribution in [2.45, 2.75) is 6.54 Å². The Balaban J connectivity index is 0.00000147. The van der Waals surface area contributed by atoms with E-state index in [4.69, 9.17) is 5.73 Å². The van der Waals surface area contributed by atoms with Gasteiger partial charge in [-0.2, -0.15) is 10.1 Å². The Morgan fingerprint density at radius 1 is 1.05 bits per heavy atom. The second-order valence-corrected chi connectivity index (χ2v) is 4.44. The van der Waals surface area contributed by atoms with Crippen LogP contribution in [0.2, 0.25) is 0 Å². The molecule has 3 rings (SSSR count). The SMILES string of the molecule is NC1=[N+](NC(=O)c2ccccc2)Cc2ccccc21.[Br-]. The fraction of sp³-hybridized carbons (Fsp3) is 0.0667. The number of fused-ring (bicyclic) bond motifs is 1. The van der Waals surface area contributed by atoms with E-state index < -0.39 is 0 Å². The van der Waals surface area contributed by atoms with Crippen LogP contribution in [-0.2, 0) is 6.54 Å². The van der Waals surface area contributed by atoms with Crippen molar-refractivity contribution in [2.75, 3.05) is 0 Å². The first-order valence-electron chi connectivity index (χ1n) is 6.10. The summed E-state index contributed by atoms with van der Waals surface area (Å²) in [5.41, 5.74) is 11.6. The number of hydrogen-bond acceptors (Lipinski definition) is 2. The smallest absolute Gasteiger partial charge is 0.299 e. The van der Waals surface area contributed by atoms with E-state index >= 15 is 0 Å². The number of hydrogen-bond donors (Lipinski definition) is 2. The number of nitrogens with zero attached hydrogens (tertiary/aromatic N) is 1. The number of amides is 1. The molecule has 0 saturated carbocycles. The van der Waals surface area contributed by atoms with Gasteiger partial charge in [-0.05, 0) is 18.2 Å². The minimum absolute atomic E-state index is 0. The van der Waals surface area contributed by atoms with Gasteiger partial charge in [0.05, 0.1) is 5.56 Å². The number of carbonyl (C=O) groups excluding carboxylic acids is 1. The molecule has 0 atom stereocenters. The number of nitrogens with two attached hydrogens (primary N) is 1. The van der Waals surface area contributed by atoms with Crippen molar-refractivity contribution in [3.8, 4) is 0 Å². The molecule has 3 N–H and O–H groups in total. The van der Waals surface area contributed by atoms with Gasteiger partial charge in [-0.25, -0.2) is 0 Å². The van der Waals surface area contributed by atoms with Gasteiger partial charge in [-0.1, -0.05) is 36.4 Å². The highest BCUT2D eigenvalue weighted by Crippen LogP contribution is 2.15. The summed E-state index contributed by atoms with van der Waals surface area (Å²) in [6.45, 7) is 0.598. The third-order valence-corrected chi connectivity index (χ3v) is 3.19. The minimum atomic E-state index is -0.156. The highest BCUT2D eigenvalue weighted by molar-refractivity contribution is 5.98. The Kier molecular flexibility index (Phi) is 4.20. The van der Waals surface area contributed by atoms with Crippen LogP contribution in [0.5, 0.6) is 0 Å². The lowest BCUT2D eigenvalue weighted by Gasteiger charge is -2.04. The molecule has 1 amide bonds. The highest BCUT2D eigenvalue weighted by atomic mass is 79.9. The van der Waals surface area contributed by atoms with Crippen LogP contribution in [0.25, 0.3) is 0 Å². The maximum Gasteiger partial charge on any atom is 0.299 e. The van der Waals surface area contributed by atoms with E-state index in [0.29, 0.717) is 17.9 Å². The first-order valence-corrected chi connectivity index (χ1v) is 6.10. The van der Waals surface area contributed by atoms with E-state index in [1.165, 1.54) is 0 Å². The van der Waals surface area contributed by atoms with Gasteiger partial charge in [0.15, 0.2) is 0 Å². The summed E-state index contributed by atoms with van der Waals surface area (Å²) in [6, 6.07) is 17.0. The molecule has 102 valence electrons. The molecule has 1 aliphatic rings. The molecule has 0 unspecified atom stereocenters. The Hall–Kier alpha value is -2.14. The molecule has 2 aromatic carbocycles. The number of hydrazone groups is 1. The number of benzene rings is 2. The Morgan fingerprint density at radius 3 is 2.40 bits per heavy atom. The Labute approximate surface area is 127 Å². The molecule has 1 aliphatic heterocycles. The normalized spacial score (nSPS) is 12.6. The summed E-state index contributed by atoms with van der Waals surface area (Å²) < 4.78 is 1.68. The Bertz CT molecular complexity index is 668. The van der Waals surface area contributed by atoms with Gasteiger partial charge in [0.2, 0.25) is 0 Å². The summed E-state index contributed by atoms with van der Waals surface area (Å²) in [7, 11) is 0. The first kappa shape index (κ1) is 14.3. The predicted octanol–water partition coefficient (Wildman–Crippen LogP) is -1.73. The van der Waals surface area contributed by atoms with Gasteiger partial charge in [0.25, 0.3) is 11.7 Å². The van der Waals surface area contributed by atoms with Crippen molar-refractivity contribution in [1.82, 2.24) is 5.43 Å². The zero-order chi connectivity index (χ0) is 13.2. The molecule has 0 aromatic heterocycles. The summed E-state index contributed by atoms with van der Waals surface area (Å²) in [5.74, 6) is 0.427. The molecule has 0 aliphatic carbocycles. The maximum absolute atomic E-state index is 12.1. The molecule has 1 heterocycles. The monoisotopic (exact) mass is 331 g/mol. The Morgan fingerprint density at radius 2 is 1.70 bits per heavy atom. The summed E-state index contributed by atoms with van der Waals surface area (Å²) in [4.78, 5) is 12.1. The zero-order valence-electron chi connectivity index (χ0n) is 10.7. The topological polar surface area (TPSA) is 58.1 Å². The van der Waals surface area contributed by atoms with Gasteiger partial charge >= 0.3 is 0 Å². The van der Waals surface area contributed by atoms with Crippen LogP contribution in [0.4, 0.5) is 0 Å². The number of rotatable bonds is 2. The first-order chi connectivity index (χ1) is 9.25. The predicted molar refractivity (Wildman–Crippen MR) is 72.6 cm³/mol. The molecular weight excluding hydrogens is 318 g/mol. The standard InChI is InChI=1S/C15H13N3O.BrH/c16-14-13-9-5-4-8-12(13)10-18(14)17-15(19)11-6-2-1-3-7-11;/h1-9,16H,10H2,(H,17,19);1H. The number of carbonyl (C=O) groups is 1. The van der Waals surface area contributed by atoms with E-state index in [2.05, 4.69) is 5.43 Å². The lowest BCUT2D eigenvalue weighted by Crippen LogP contribution is -3.00. The second-order valence-electron chi connectivity index (χ2n) is 4.44. The minimum Gasteiger partial charge on any atom is -1.00 e. The van der Waals surface area contributed by atoms with Crippen molar-refractivity contribution < 1.29 is 26.5 Å².